The first-order valence-electron chi connectivity index (χ1n) is 5.14. The third-order valence-electron chi connectivity index (χ3n) is 2.83. The number of thiol groups is 1. The molecule has 1 N–H and O–H groups in total. The lowest BCUT2D eigenvalue weighted by atomic mass is 9.96. The van der Waals surface area contributed by atoms with E-state index in [0.29, 0.717) is 11.8 Å². The van der Waals surface area contributed by atoms with Gasteiger partial charge in [0.25, 0.3) is 0 Å². The monoisotopic (exact) mass is 203 g/mol. The summed E-state index contributed by atoms with van der Waals surface area (Å²) >= 11 is 4.28. The van der Waals surface area contributed by atoms with Gasteiger partial charge in [0.1, 0.15) is 0 Å². The van der Waals surface area contributed by atoms with Crippen molar-refractivity contribution >= 4 is 12.6 Å². The molecule has 0 aromatic rings. The summed E-state index contributed by atoms with van der Waals surface area (Å²) in [5.41, 5.74) is 0. The molecule has 13 heavy (non-hydrogen) atoms. The largest absolute Gasteiger partial charge is 0.393 e. The highest BCUT2D eigenvalue weighted by atomic mass is 32.1. The van der Waals surface area contributed by atoms with Gasteiger partial charge in [-0.2, -0.15) is 12.6 Å². The van der Waals surface area contributed by atoms with Crippen LogP contribution < -0.4 is 0 Å². The molecule has 1 aliphatic heterocycles. The predicted octanol–water partition coefficient (Wildman–Crippen LogP) is 1.25. The molecule has 1 heterocycles. The van der Waals surface area contributed by atoms with Gasteiger partial charge in [-0.05, 0) is 24.0 Å². The van der Waals surface area contributed by atoms with Gasteiger partial charge in [-0.25, -0.2) is 0 Å². The fourth-order valence-electron chi connectivity index (χ4n) is 1.88. The summed E-state index contributed by atoms with van der Waals surface area (Å²) < 4.78 is 0. The zero-order valence-electron chi connectivity index (χ0n) is 8.61. The Labute approximate surface area is 86.7 Å². The maximum Gasteiger partial charge on any atom is 0.0590 e. The van der Waals surface area contributed by atoms with Crippen LogP contribution in [-0.2, 0) is 0 Å². The number of aliphatic hydroxyl groups excluding tert-OH is 1. The van der Waals surface area contributed by atoms with Crippen LogP contribution in [0.5, 0.6) is 0 Å². The highest BCUT2D eigenvalue weighted by molar-refractivity contribution is 7.80. The molecule has 1 saturated heterocycles. The maximum absolute atomic E-state index is 9.55. The van der Waals surface area contributed by atoms with Gasteiger partial charge in [-0.15, -0.1) is 0 Å². The summed E-state index contributed by atoms with van der Waals surface area (Å²) in [6.07, 6.45) is 0.850. The first-order chi connectivity index (χ1) is 6.13. The first-order valence-corrected chi connectivity index (χ1v) is 5.78. The molecule has 0 aromatic carbocycles. The number of nitrogens with zero attached hydrogens (tertiary/aromatic N) is 1. The van der Waals surface area contributed by atoms with Crippen molar-refractivity contribution in [3.05, 3.63) is 0 Å². The highest BCUT2D eigenvalue weighted by Crippen LogP contribution is 2.17. The zero-order chi connectivity index (χ0) is 9.84. The fourth-order valence-corrected chi connectivity index (χ4v) is 2.00. The molecule has 1 aliphatic rings. The average Bonchev–Trinajstić information content (AvgIpc) is 2.11. The minimum absolute atomic E-state index is 0.0810. The van der Waals surface area contributed by atoms with Crippen molar-refractivity contribution in [3.8, 4) is 0 Å². The van der Waals surface area contributed by atoms with Crippen molar-refractivity contribution in [2.45, 2.75) is 26.4 Å². The Morgan fingerprint density at radius 2 is 2.31 bits per heavy atom. The molecule has 0 bridgehead atoms. The summed E-state index contributed by atoms with van der Waals surface area (Å²) in [7, 11) is 0. The van der Waals surface area contributed by atoms with Gasteiger partial charge in [-0.1, -0.05) is 13.8 Å². The minimum Gasteiger partial charge on any atom is -0.393 e. The van der Waals surface area contributed by atoms with Gasteiger partial charge in [0.2, 0.25) is 0 Å². The van der Waals surface area contributed by atoms with E-state index in [1.807, 2.05) is 0 Å². The Morgan fingerprint density at radius 3 is 2.85 bits per heavy atom. The maximum atomic E-state index is 9.55. The lowest BCUT2D eigenvalue weighted by Gasteiger charge is -2.35. The van der Waals surface area contributed by atoms with Crippen molar-refractivity contribution in [2.75, 3.05) is 25.4 Å². The summed E-state index contributed by atoms with van der Waals surface area (Å²) in [6, 6.07) is 0. The molecular weight excluding hydrogens is 182 g/mol. The van der Waals surface area contributed by atoms with E-state index in [2.05, 4.69) is 31.4 Å². The van der Waals surface area contributed by atoms with Gasteiger partial charge >= 0.3 is 0 Å². The highest BCUT2D eigenvalue weighted by Gasteiger charge is 2.24. The Bertz CT molecular complexity index is 152. The molecule has 0 aromatic heterocycles. The topological polar surface area (TPSA) is 23.5 Å². The summed E-state index contributed by atoms with van der Waals surface area (Å²) in [5, 5.41) is 9.55. The van der Waals surface area contributed by atoms with E-state index in [-0.39, 0.29) is 6.10 Å². The predicted molar refractivity (Wildman–Crippen MR) is 59.2 cm³/mol. The third-order valence-corrected chi connectivity index (χ3v) is 3.45. The molecule has 3 unspecified atom stereocenters. The molecule has 1 rings (SSSR count). The number of hydrogen-bond acceptors (Lipinski definition) is 3. The zero-order valence-corrected chi connectivity index (χ0v) is 9.50. The molecule has 3 atom stereocenters. The van der Waals surface area contributed by atoms with Gasteiger partial charge in [-0.3, -0.25) is 0 Å². The van der Waals surface area contributed by atoms with Crippen LogP contribution in [0.25, 0.3) is 0 Å². The molecule has 0 amide bonds. The van der Waals surface area contributed by atoms with E-state index >= 15 is 0 Å². The number of aliphatic hydroxyl groups is 1. The van der Waals surface area contributed by atoms with Crippen molar-refractivity contribution in [1.29, 1.82) is 0 Å². The quantitative estimate of drug-likeness (QED) is 0.675. The fraction of sp³-hybridized carbons (Fsp3) is 1.00. The van der Waals surface area contributed by atoms with Gasteiger partial charge in [0.05, 0.1) is 6.10 Å². The smallest absolute Gasteiger partial charge is 0.0590 e. The standard InChI is InChI=1S/C10H21NOS/c1-8(7-13)5-11-4-3-10(12)9(2)6-11/h8-10,12-13H,3-7H2,1-2H3. The van der Waals surface area contributed by atoms with Crippen LogP contribution in [0, 0.1) is 11.8 Å². The number of likely N-dealkylation sites (tertiary alicyclic amines) is 1. The molecule has 0 radical (unpaired) electrons. The van der Waals surface area contributed by atoms with E-state index in [9.17, 15) is 5.11 Å². The van der Waals surface area contributed by atoms with Crippen molar-refractivity contribution in [1.82, 2.24) is 4.90 Å². The minimum atomic E-state index is -0.0810. The molecule has 0 spiro atoms. The Hall–Kier alpha value is 0.270. The number of hydrogen-bond donors (Lipinski definition) is 2. The SMILES string of the molecule is CC(CS)CN1CCC(O)C(C)C1. The molecular formula is C10H21NOS. The second-order valence-electron chi connectivity index (χ2n) is 4.38. The lowest BCUT2D eigenvalue weighted by Crippen LogP contribution is -2.43. The van der Waals surface area contributed by atoms with Crippen LogP contribution in [0.1, 0.15) is 20.3 Å². The van der Waals surface area contributed by atoms with Crippen molar-refractivity contribution in [2.24, 2.45) is 11.8 Å². The summed E-state index contributed by atoms with van der Waals surface area (Å²) in [6.45, 7) is 7.56. The molecule has 1 fully saturated rings. The van der Waals surface area contributed by atoms with E-state index in [1.165, 1.54) is 0 Å². The molecule has 0 aliphatic carbocycles. The van der Waals surface area contributed by atoms with Crippen molar-refractivity contribution in [3.63, 3.8) is 0 Å². The second kappa shape index (κ2) is 5.23. The van der Waals surface area contributed by atoms with E-state index in [4.69, 9.17) is 0 Å². The lowest BCUT2D eigenvalue weighted by molar-refractivity contribution is 0.0311. The van der Waals surface area contributed by atoms with Gasteiger partial charge in [0, 0.05) is 19.6 Å². The molecule has 0 saturated carbocycles. The molecule has 78 valence electrons. The van der Waals surface area contributed by atoms with Crippen LogP contribution in [0.4, 0.5) is 0 Å². The number of piperidine rings is 1. The molecule has 2 nitrogen and oxygen atoms in total. The van der Waals surface area contributed by atoms with Crippen LogP contribution in [-0.4, -0.2) is 41.5 Å². The Kier molecular flexibility index (Phi) is 4.56. The van der Waals surface area contributed by atoms with Crippen LogP contribution >= 0.6 is 12.6 Å². The van der Waals surface area contributed by atoms with Crippen LogP contribution in [0.2, 0.25) is 0 Å². The third kappa shape index (κ3) is 3.49. The molecule has 3 heteroatoms. The van der Waals surface area contributed by atoms with E-state index in [1.54, 1.807) is 0 Å². The van der Waals surface area contributed by atoms with Crippen LogP contribution in [0.3, 0.4) is 0 Å². The normalized spacial score (nSPS) is 33.2. The van der Waals surface area contributed by atoms with Crippen molar-refractivity contribution < 1.29 is 5.11 Å². The van der Waals surface area contributed by atoms with Gasteiger partial charge in [0.15, 0.2) is 0 Å². The summed E-state index contributed by atoms with van der Waals surface area (Å²) in [4.78, 5) is 2.44. The average molecular weight is 203 g/mol. The van der Waals surface area contributed by atoms with E-state index < -0.39 is 0 Å². The Balaban J connectivity index is 2.29. The van der Waals surface area contributed by atoms with Gasteiger partial charge < -0.3 is 10.0 Å². The van der Waals surface area contributed by atoms with Crippen LogP contribution in [0.15, 0.2) is 0 Å². The Morgan fingerprint density at radius 1 is 1.62 bits per heavy atom. The summed E-state index contributed by atoms with van der Waals surface area (Å²) in [5.74, 6) is 2.04. The second-order valence-corrected chi connectivity index (χ2v) is 4.75. The van der Waals surface area contributed by atoms with E-state index in [0.717, 1.165) is 31.8 Å². The first kappa shape index (κ1) is 11.3. The number of rotatable bonds is 3.